The van der Waals surface area contributed by atoms with Gasteiger partial charge in [0.15, 0.2) is 0 Å². The predicted molar refractivity (Wildman–Crippen MR) is 136 cm³/mol. The molecule has 0 unspecified atom stereocenters. The highest BCUT2D eigenvalue weighted by Gasteiger charge is 2.13. The van der Waals surface area contributed by atoms with Gasteiger partial charge in [0, 0.05) is 52.9 Å². The monoisotopic (exact) mass is 444 g/mol. The number of hydrogen-bond acceptors (Lipinski definition) is 2. The lowest BCUT2D eigenvalue weighted by Crippen LogP contribution is -2.26. The quantitative estimate of drug-likeness (QED) is 0.259. The summed E-state index contributed by atoms with van der Waals surface area (Å²) in [6.07, 6.45) is 6.35. The van der Waals surface area contributed by atoms with E-state index in [-0.39, 0.29) is 11.5 Å². The molecular formula is C29H24N4O. The van der Waals surface area contributed by atoms with Crippen LogP contribution in [0.3, 0.4) is 0 Å². The number of nitrogens with one attached hydrogen (secondary N) is 2. The molecule has 0 saturated carbocycles. The van der Waals surface area contributed by atoms with Gasteiger partial charge in [0.1, 0.15) is 11.6 Å². The van der Waals surface area contributed by atoms with Crippen LogP contribution in [-0.2, 0) is 17.8 Å². The first-order chi connectivity index (χ1) is 16.7. The summed E-state index contributed by atoms with van der Waals surface area (Å²) in [7, 11) is 0. The second kappa shape index (κ2) is 9.51. The number of aromatic amines is 1. The van der Waals surface area contributed by atoms with Gasteiger partial charge in [-0.25, -0.2) is 0 Å². The van der Waals surface area contributed by atoms with E-state index in [1.54, 1.807) is 6.08 Å². The van der Waals surface area contributed by atoms with Crippen molar-refractivity contribution in [2.75, 3.05) is 6.54 Å². The van der Waals surface area contributed by atoms with E-state index in [9.17, 15) is 10.1 Å². The summed E-state index contributed by atoms with van der Waals surface area (Å²) in [6, 6.07) is 28.4. The van der Waals surface area contributed by atoms with Crippen molar-refractivity contribution in [1.82, 2.24) is 14.9 Å². The summed E-state index contributed by atoms with van der Waals surface area (Å²) in [4.78, 5) is 16.0. The molecule has 3 aromatic carbocycles. The zero-order chi connectivity index (χ0) is 23.3. The SMILES string of the molecule is N#C/C(=C/c1cn(Cc2ccccc2)c2ccccc12)C(=O)NCCc1c[nH]c2ccccc12. The van der Waals surface area contributed by atoms with Crippen LogP contribution in [-0.4, -0.2) is 22.0 Å². The first-order valence-electron chi connectivity index (χ1n) is 11.3. The molecule has 2 heterocycles. The normalized spacial score (nSPS) is 11.6. The van der Waals surface area contributed by atoms with Crippen molar-refractivity contribution < 1.29 is 4.79 Å². The highest BCUT2D eigenvalue weighted by molar-refractivity contribution is 6.04. The maximum atomic E-state index is 12.8. The van der Waals surface area contributed by atoms with Crippen LogP contribution in [0.4, 0.5) is 0 Å². The fraction of sp³-hybridized carbons (Fsp3) is 0.103. The van der Waals surface area contributed by atoms with Crippen LogP contribution >= 0.6 is 0 Å². The Labute approximate surface area is 198 Å². The van der Waals surface area contributed by atoms with Crippen LogP contribution in [0.25, 0.3) is 27.9 Å². The van der Waals surface area contributed by atoms with Gasteiger partial charge >= 0.3 is 0 Å². The van der Waals surface area contributed by atoms with E-state index in [2.05, 4.69) is 45.2 Å². The highest BCUT2D eigenvalue weighted by atomic mass is 16.1. The lowest BCUT2D eigenvalue weighted by molar-refractivity contribution is -0.117. The molecule has 0 aliphatic rings. The third-order valence-corrected chi connectivity index (χ3v) is 6.03. The van der Waals surface area contributed by atoms with E-state index in [1.165, 1.54) is 5.56 Å². The largest absolute Gasteiger partial charge is 0.361 e. The van der Waals surface area contributed by atoms with E-state index in [0.29, 0.717) is 19.5 Å². The maximum Gasteiger partial charge on any atom is 0.261 e. The summed E-state index contributed by atoms with van der Waals surface area (Å²) in [5.41, 5.74) is 5.43. The molecule has 2 N–H and O–H groups in total. The second-order valence-corrected chi connectivity index (χ2v) is 8.25. The Hall–Kier alpha value is -4.56. The lowest BCUT2D eigenvalue weighted by atomic mass is 10.1. The van der Waals surface area contributed by atoms with Crippen molar-refractivity contribution >= 4 is 33.8 Å². The smallest absolute Gasteiger partial charge is 0.261 e. The molecule has 0 aliphatic heterocycles. The van der Waals surface area contributed by atoms with Crippen molar-refractivity contribution in [2.24, 2.45) is 0 Å². The zero-order valence-corrected chi connectivity index (χ0v) is 18.7. The number of rotatable bonds is 7. The van der Waals surface area contributed by atoms with Crippen LogP contribution in [0.5, 0.6) is 0 Å². The first kappa shape index (κ1) is 21.3. The number of H-pyrrole nitrogens is 1. The second-order valence-electron chi connectivity index (χ2n) is 8.25. The Morgan fingerprint density at radius 1 is 0.971 bits per heavy atom. The molecule has 0 bridgehead atoms. The molecule has 0 aliphatic carbocycles. The van der Waals surface area contributed by atoms with Gasteiger partial charge in [-0.2, -0.15) is 5.26 Å². The van der Waals surface area contributed by atoms with Crippen molar-refractivity contribution in [3.8, 4) is 6.07 Å². The maximum absolute atomic E-state index is 12.8. The molecule has 0 fully saturated rings. The lowest BCUT2D eigenvalue weighted by Gasteiger charge is -2.05. The molecule has 5 heteroatoms. The van der Waals surface area contributed by atoms with Gasteiger partial charge in [0.05, 0.1) is 0 Å². The van der Waals surface area contributed by atoms with Crippen LogP contribution in [0.15, 0.2) is 96.8 Å². The van der Waals surface area contributed by atoms with Gasteiger partial charge in [-0.05, 0) is 35.8 Å². The fourth-order valence-corrected chi connectivity index (χ4v) is 4.35. The minimum Gasteiger partial charge on any atom is -0.361 e. The average Bonchev–Trinajstić information content (AvgIpc) is 3.44. The standard InChI is InChI=1S/C29H24N4O/c30-17-23(29(34)31-15-14-22-18-32-27-12-6-4-10-25(22)27)16-24-20-33(19-21-8-2-1-3-9-21)28-13-7-5-11-26(24)28/h1-13,16,18,20,32H,14-15,19H2,(H,31,34)/b23-16-. The molecule has 166 valence electrons. The van der Waals surface area contributed by atoms with Crippen LogP contribution in [0, 0.1) is 11.3 Å². The van der Waals surface area contributed by atoms with E-state index >= 15 is 0 Å². The molecule has 5 nitrogen and oxygen atoms in total. The Morgan fingerprint density at radius 2 is 1.71 bits per heavy atom. The zero-order valence-electron chi connectivity index (χ0n) is 18.7. The molecular weight excluding hydrogens is 420 g/mol. The number of fused-ring (bicyclic) bond motifs is 2. The van der Waals surface area contributed by atoms with E-state index in [1.807, 2.05) is 67.0 Å². The number of nitriles is 1. The van der Waals surface area contributed by atoms with E-state index in [0.717, 1.165) is 32.9 Å². The summed E-state index contributed by atoms with van der Waals surface area (Å²) in [5, 5.41) is 14.8. The van der Waals surface area contributed by atoms with Gasteiger partial charge in [0.2, 0.25) is 0 Å². The van der Waals surface area contributed by atoms with E-state index < -0.39 is 0 Å². The molecule has 0 radical (unpaired) electrons. The van der Waals surface area contributed by atoms with Crippen LogP contribution in [0.1, 0.15) is 16.7 Å². The van der Waals surface area contributed by atoms with Gasteiger partial charge in [-0.3, -0.25) is 4.79 Å². The minimum absolute atomic E-state index is 0.0986. The van der Waals surface area contributed by atoms with Crippen molar-refractivity contribution in [3.05, 3.63) is 114 Å². The molecule has 0 atom stereocenters. The van der Waals surface area contributed by atoms with Crippen molar-refractivity contribution in [3.63, 3.8) is 0 Å². The number of carbonyl (C=O) groups is 1. The molecule has 1 amide bonds. The topological polar surface area (TPSA) is 73.6 Å². The Balaban J connectivity index is 1.34. The van der Waals surface area contributed by atoms with Crippen LogP contribution < -0.4 is 5.32 Å². The van der Waals surface area contributed by atoms with Gasteiger partial charge in [-0.15, -0.1) is 0 Å². The molecule has 2 aromatic heterocycles. The number of carbonyl (C=O) groups excluding carboxylic acids is 1. The third-order valence-electron chi connectivity index (χ3n) is 6.03. The summed E-state index contributed by atoms with van der Waals surface area (Å²) >= 11 is 0. The number of aromatic nitrogens is 2. The Bertz CT molecular complexity index is 1530. The Morgan fingerprint density at radius 3 is 2.53 bits per heavy atom. The first-order valence-corrected chi connectivity index (χ1v) is 11.3. The third kappa shape index (κ3) is 4.35. The molecule has 5 rings (SSSR count). The van der Waals surface area contributed by atoms with Gasteiger partial charge < -0.3 is 14.9 Å². The molecule has 0 saturated heterocycles. The number of nitrogens with zero attached hydrogens (tertiary/aromatic N) is 2. The molecule has 5 aromatic rings. The molecule has 0 spiro atoms. The van der Waals surface area contributed by atoms with Crippen molar-refractivity contribution in [1.29, 1.82) is 5.26 Å². The van der Waals surface area contributed by atoms with Gasteiger partial charge in [-0.1, -0.05) is 66.7 Å². The Kier molecular flexibility index (Phi) is 5.96. The summed E-state index contributed by atoms with van der Waals surface area (Å²) < 4.78 is 2.15. The summed E-state index contributed by atoms with van der Waals surface area (Å²) in [6.45, 7) is 1.17. The number of hydrogen-bond donors (Lipinski definition) is 2. The fourth-order valence-electron chi connectivity index (χ4n) is 4.35. The average molecular weight is 445 g/mol. The number of amides is 1. The predicted octanol–water partition coefficient (Wildman–Crippen LogP) is 5.44. The van der Waals surface area contributed by atoms with Crippen LogP contribution in [0.2, 0.25) is 0 Å². The minimum atomic E-state index is -0.359. The highest BCUT2D eigenvalue weighted by Crippen LogP contribution is 2.25. The van der Waals surface area contributed by atoms with Crippen molar-refractivity contribution in [2.45, 2.75) is 13.0 Å². The summed E-state index contributed by atoms with van der Waals surface area (Å²) in [5.74, 6) is -0.359. The number of benzene rings is 3. The molecule has 34 heavy (non-hydrogen) atoms. The van der Waals surface area contributed by atoms with Gasteiger partial charge in [0.25, 0.3) is 5.91 Å². The number of para-hydroxylation sites is 2. The van der Waals surface area contributed by atoms with E-state index in [4.69, 9.17) is 0 Å².